The van der Waals surface area contributed by atoms with Crippen molar-refractivity contribution < 1.29 is 4.74 Å². The lowest BCUT2D eigenvalue weighted by Crippen LogP contribution is -2.41. The van der Waals surface area contributed by atoms with Crippen molar-refractivity contribution in [2.24, 2.45) is 5.84 Å². The second-order valence-electron chi connectivity index (χ2n) is 5.40. The number of rotatable bonds is 6. The maximum Gasteiger partial charge on any atom is 0.243 e. The van der Waals surface area contributed by atoms with Crippen LogP contribution in [0.2, 0.25) is 0 Å². The molecule has 0 aromatic carbocycles. The molecule has 1 aromatic heterocycles. The van der Waals surface area contributed by atoms with E-state index in [1.54, 1.807) is 0 Å². The van der Waals surface area contributed by atoms with E-state index in [2.05, 4.69) is 51.4 Å². The van der Waals surface area contributed by atoms with Crippen LogP contribution in [-0.4, -0.2) is 46.8 Å². The Bertz CT molecular complexity index is 458. The second kappa shape index (κ2) is 6.86. The zero-order valence-corrected chi connectivity index (χ0v) is 13.0. The van der Waals surface area contributed by atoms with E-state index in [-0.39, 0.29) is 5.54 Å². The third-order valence-electron chi connectivity index (χ3n) is 3.81. The van der Waals surface area contributed by atoms with Crippen molar-refractivity contribution in [3.63, 3.8) is 0 Å². The van der Waals surface area contributed by atoms with E-state index in [9.17, 15) is 0 Å². The first kappa shape index (κ1) is 15.7. The number of nitrogen functional groups attached to an aromatic ring is 1. The van der Waals surface area contributed by atoms with Crippen LogP contribution >= 0.6 is 0 Å². The number of hydrogen-bond acceptors (Lipinski definition) is 8. The summed E-state index contributed by atoms with van der Waals surface area (Å²) in [5, 5.41) is 3.41. The highest BCUT2D eigenvalue weighted by molar-refractivity contribution is 5.44. The minimum Gasteiger partial charge on any atom is -0.381 e. The number of hydrogen-bond donors (Lipinski definition) is 3. The van der Waals surface area contributed by atoms with E-state index in [1.165, 1.54) is 0 Å². The van der Waals surface area contributed by atoms with Gasteiger partial charge in [-0.15, -0.1) is 0 Å². The molecule has 0 aliphatic carbocycles. The number of nitrogens with one attached hydrogen (secondary N) is 2. The molecule has 21 heavy (non-hydrogen) atoms. The smallest absolute Gasteiger partial charge is 0.243 e. The number of nitrogens with two attached hydrogens (primary N) is 1. The number of nitrogens with zero attached hydrogens (tertiary/aromatic N) is 4. The van der Waals surface area contributed by atoms with Gasteiger partial charge in [-0.3, -0.25) is 5.43 Å². The molecule has 0 radical (unpaired) electrons. The molecule has 118 valence electrons. The molecule has 0 atom stereocenters. The fraction of sp³-hybridized carbons (Fsp3) is 0.769. The van der Waals surface area contributed by atoms with E-state index in [0.29, 0.717) is 17.8 Å². The molecule has 0 spiro atoms. The van der Waals surface area contributed by atoms with Crippen molar-refractivity contribution in [2.75, 3.05) is 41.9 Å². The Kier molecular flexibility index (Phi) is 5.13. The highest BCUT2D eigenvalue weighted by atomic mass is 16.5. The summed E-state index contributed by atoms with van der Waals surface area (Å²) in [5.74, 6) is 7.01. The molecule has 8 heteroatoms. The summed E-state index contributed by atoms with van der Waals surface area (Å²) in [6, 6.07) is 0. The van der Waals surface area contributed by atoms with E-state index < -0.39 is 0 Å². The summed E-state index contributed by atoms with van der Waals surface area (Å²) in [4.78, 5) is 15.2. The van der Waals surface area contributed by atoms with Crippen LogP contribution in [0.25, 0.3) is 0 Å². The molecule has 1 saturated heterocycles. The molecule has 0 amide bonds. The number of anilines is 3. The predicted octanol–water partition coefficient (Wildman–Crippen LogP) is 0.984. The van der Waals surface area contributed by atoms with E-state index in [1.807, 2.05) is 0 Å². The SMILES string of the molecule is CCN(CC)c1nc(NN)nc(NC2(C)CCOCC2)n1. The first-order valence-electron chi connectivity index (χ1n) is 7.44. The third-order valence-corrected chi connectivity index (χ3v) is 3.81. The van der Waals surface area contributed by atoms with Gasteiger partial charge in [0.05, 0.1) is 0 Å². The van der Waals surface area contributed by atoms with Gasteiger partial charge in [-0.1, -0.05) is 0 Å². The first-order valence-corrected chi connectivity index (χ1v) is 7.44. The van der Waals surface area contributed by atoms with Crippen LogP contribution in [0.3, 0.4) is 0 Å². The van der Waals surface area contributed by atoms with Gasteiger partial charge in [0.15, 0.2) is 0 Å². The number of hydrazine groups is 1. The molecule has 1 fully saturated rings. The van der Waals surface area contributed by atoms with Gasteiger partial charge in [0.1, 0.15) is 0 Å². The Morgan fingerprint density at radius 1 is 1.14 bits per heavy atom. The summed E-state index contributed by atoms with van der Waals surface area (Å²) in [5.41, 5.74) is 2.44. The Morgan fingerprint density at radius 3 is 2.33 bits per heavy atom. The van der Waals surface area contributed by atoms with Crippen LogP contribution in [-0.2, 0) is 4.74 Å². The summed E-state index contributed by atoms with van der Waals surface area (Å²) in [6.45, 7) is 9.44. The van der Waals surface area contributed by atoms with Crippen LogP contribution in [0.4, 0.5) is 17.8 Å². The largest absolute Gasteiger partial charge is 0.381 e. The number of aromatic nitrogens is 3. The Balaban J connectivity index is 2.23. The van der Waals surface area contributed by atoms with Gasteiger partial charge in [-0.2, -0.15) is 15.0 Å². The Hall–Kier alpha value is -1.67. The molecular formula is C13H25N7O. The molecular weight excluding hydrogens is 270 g/mol. The highest BCUT2D eigenvalue weighted by Crippen LogP contribution is 2.24. The molecule has 1 aliphatic heterocycles. The zero-order valence-electron chi connectivity index (χ0n) is 13.0. The summed E-state index contributed by atoms with van der Waals surface area (Å²) >= 11 is 0. The average molecular weight is 295 g/mol. The molecule has 2 rings (SSSR count). The standard InChI is InChI=1S/C13H25N7O/c1-4-20(5-2)12-16-10(15-11(17-12)19-14)18-13(3)6-8-21-9-7-13/h4-9,14H2,1-3H3,(H2,15,16,17,18,19). The van der Waals surface area contributed by atoms with Crippen molar-refractivity contribution in [1.82, 2.24) is 15.0 Å². The van der Waals surface area contributed by atoms with Gasteiger partial charge in [0, 0.05) is 31.8 Å². The quantitative estimate of drug-likeness (QED) is 0.527. The van der Waals surface area contributed by atoms with E-state index in [4.69, 9.17) is 10.6 Å². The molecule has 0 saturated carbocycles. The minimum atomic E-state index is -0.0635. The van der Waals surface area contributed by atoms with Crippen LogP contribution in [0.15, 0.2) is 0 Å². The van der Waals surface area contributed by atoms with Crippen LogP contribution in [0, 0.1) is 0 Å². The fourth-order valence-electron chi connectivity index (χ4n) is 2.35. The van der Waals surface area contributed by atoms with Crippen LogP contribution < -0.4 is 21.5 Å². The first-order chi connectivity index (χ1) is 10.1. The van der Waals surface area contributed by atoms with Crippen LogP contribution in [0.1, 0.15) is 33.6 Å². The predicted molar refractivity (Wildman–Crippen MR) is 83.3 cm³/mol. The summed E-state index contributed by atoms with van der Waals surface area (Å²) in [7, 11) is 0. The highest BCUT2D eigenvalue weighted by Gasteiger charge is 2.28. The van der Waals surface area contributed by atoms with Crippen molar-refractivity contribution in [2.45, 2.75) is 39.2 Å². The van der Waals surface area contributed by atoms with Crippen molar-refractivity contribution in [3.8, 4) is 0 Å². The maximum absolute atomic E-state index is 5.47. The summed E-state index contributed by atoms with van der Waals surface area (Å²) in [6.07, 6.45) is 1.84. The molecule has 1 aliphatic rings. The van der Waals surface area contributed by atoms with Crippen LogP contribution in [0.5, 0.6) is 0 Å². The van der Waals surface area contributed by atoms with Gasteiger partial charge in [0.25, 0.3) is 0 Å². The van der Waals surface area contributed by atoms with Crippen molar-refractivity contribution >= 4 is 17.8 Å². The van der Waals surface area contributed by atoms with Crippen molar-refractivity contribution in [1.29, 1.82) is 0 Å². The lowest BCUT2D eigenvalue weighted by atomic mass is 9.93. The lowest BCUT2D eigenvalue weighted by molar-refractivity contribution is 0.0656. The third kappa shape index (κ3) is 3.92. The molecule has 0 bridgehead atoms. The van der Waals surface area contributed by atoms with Gasteiger partial charge < -0.3 is 15.0 Å². The molecule has 8 nitrogen and oxygen atoms in total. The molecule has 4 N–H and O–H groups in total. The zero-order chi connectivity index (χ0) is 15.3. The van der Waals surface area contributed by atoms with Gasteiger partial charge in [0.2, 0.25) is 17.8 Å². The van der Waals surface area contributed by atoms with Gasteiger partial charge >= 0.3 is 0 Å². The maximum atomic E-state index is 5.47. The topological polar surface area (TPSA) is 101 Å². The average Bonchev–Trinajstić information content (AvgIpc) is 2.48. The van der Waals surface area contributed by atoms with Gasteiger partial charge in [-0.25, -0.2) is 5.84 Å². The lowest BCUT2D eigenvalue weighted by Gasteiger charge is -2.34. The Morgan fingerprint density at radius 2 is 1.76 bits per heavy atom. The van der Waals surface area contributed by atoms with Gasteiger partial charge in [-0.05, 0) is 33.6 Å². The normalized spacial score (nSPS) is 17.3. The summed E-state index contributed by atoms with van der Waals surface area (Å²) < 4.78 is 5.41. The Labute approximate surface area is 125 Å². The second-order valence-corrected chi connectivity index (χ2v) is 5.40. The molecule has 2 heterocycles. The van der Waals surface area contributed by atoms with E-state index >= 15 is 0 Å². The molecule has 1 aromatic rings. The minimum absolute atomic E-state index is 0.0635. The fourth-order valence-corrected chi connectivity index (χ4v) is 2.35. The monoisotopic (exact) mass is 295 g/mol. The van der Waals surface area contributed by atoms with Crippen molar-refractivity contribution in [3.05, 3.63) is 0 Å². The van der Waals surface area contributed by atoms with E-state index in [0.717, 1.165) is 39.1 Å². The molecule has 0 unspecified atom stereocenters. The number of ether oxygens (including phenoxy) is 1.